The minimum atomic E-state index is 0.902. The van der Waals surface area contributed by atoms with Gasteiger partial charge in [-0.1, -0.05) is 153 Å². The van der Waals surface area contributed by atoms with Crippen LogP contribution in [-0.4, -0.2) is 19.5 Å². The molecule has 0 aliphatic heterocycles. The molecular formula is C43H28Br2N4. The highest BCUT2D eigenvalue weighted by Gasteiger charge is 2.17. The van der Waals surface area contributed by atoms with Crippen molar-refractivity contribution in [3.63, 3.8) is 0 Å². The van der Waals surface area contributed by atoms with Gasteiger partial charge in [0.15, 0.2) is 0 Å². The Hall–Kier alpha value is -5.30. The first-order chi connectivity index (χ1) is 24.0. The van der Waals surface area contributed by atoms with E-state index in [0.29, 0.717) is 0 Å². The second kappa shape index (κ2) is 12.0. The van der Waals surface area contributed by atoms with Crippen LogP contribution in [0.1, 0.15) is 0 Å². The summed E-state index contributed by atoms with van der Waals surface area (Å²) in [6, 6.07) is 50.7. The van der Waals surface area contributed by atoms with Crippen LogP contribution >= 0.6 is 31.9 Å². The van der Waals surface area contributed by atoms with E-state index in [-0.39, 0.29) is 0 Å². The average Bonchev–Trinajstić information content (AvgIpc) is 3.76. The number of nitrogens with zero attached hydrogens (tertiary/aromatic N) is 3. The van der Waals surface area contributed by atoms with Crippen LogP contribution in [0.25, 0.3) is 87.9 Å². The topological polar surface area (TPSA) is 46.5 Å². The molecule has 234 valence electrons. The zero-order valence-corrected chi connectivity index (χ0v) is 29.6. The van der Waals surface area contributed by atoms with Gasteiger partial charge < -0.3 is 9.55 Å². The Balaban J connectivity index is 0.000000133. The second-order valence-electron chi connectivity index (χ2n) is 12.2. The Morgan fingerprint density at radius 2 is 0.878 bits per heavy atom. The molecule has 0 unspecified atom stereocenters. The smallest absolute Gasteiger partial charge is 0.140 e. The van der Waals surface area contributed by atoms with Crippen LogP contribution in [0, 0.1) is 0 Å². The van der Waals surface area contributed by atoms with Crippen LogP contribution in [0.5, 0.6) is 0 Å². The molecule has 0 aliphatic rings. The standard InChI is InChI=1S/C22H15BrN2.C21H13BrN2/c1-25-21-19-9-5-3-7-17(19)16-6-2-4-8-18(16)20(21)24-22(25)14-10-12-15(23)13-11-14;22-14-11-9-13(10-12-14)21-23-19-17-7-3-1-5-15(17)16-6-2-4-8-18(16)20(19)24-21/h2-13H,1H3;1-12H,(H,23,24). The Morgan fingerprint density at radius 3 is 1.45 bits per heavy atom. The monoisotopic (exact) mass is 758 g/mol. The molecule has 0 bridgehead atoms. The van der Waals surface area contributed by atoms with E-state index in [1.54, 1.807) is 0 Å². The number of rotatable bonds is 2. The van der Waals surface area contributed by atoms with Crippen LogP contribution in [0.3, 0.4) is 0 Å². The molecule has 0 radical (unpaired) electrons. The summed E-state index contributed by atoms with van der Waals surface area (Å²) in [7, 11) is 2.11. The number of H-pyrrole nitrogens is 1. The van der Waals surface area contributed by atoms with E-state index >= 15 is 0 Å². The van der Waals surface area contributed by atoms with Crippen molar-refractivity contribution in [2.75, 3.05) is 0 Å². The van der Waals surface area contributed by atoms with Crippen LogP contribution in [0.4, 0.5) is 0 Å². The molecule has 0 saturated heterocycles. The Morgan fingerprint density at radius 1 is 0.449 bits per heavy atom. The summed E-state index contributed by atoms with van der Waals surface area (Å²) in [5, 5.41) is 9.88. The lowest BCUT2D eigenvalue weighted by Gasteiger charge is -2.08. The molecule has 2 aromatic heterocycles. The number of fused-ring (bicyclic) bond motifs is 12. The van der Waals surface area contributed by atoms with Gasteiger partial charge in [0.25, 0.3) is 0 Å². The zero-order valence-electron chi connectivity index (χ0n) is 26.5. The highest BCUT2D eigenvalue weighted by atomic mass is 79.9. The first-order valence-corrected chi connectivity index (χ1v) is 17.7. The summed E-state index contributed by atoms with van der Waals surface area (Å²) in [4.78, 5) is 13.5. The van der Waals surface area contributed by atoms with E-state index in [9.17, 15) is 0 Å². The molecule has 6 heteroatoms. The maximum atomic E-state index is 5.04. The third-order valence-electron chi connectivity index (χ3n) is 9.34. The number of hydrogen-bond donors (Lipinski definition) is 1. The van der Waals surface area contributed by atoms with Crippen LogP contribution < -0.4 is 0 Å². The predicted molar refractivity (Wildman–Crippen MR) is 213 cm³/mol. The molecule has 0 spiro atoms. The maximum Gasteiger partial charge on any atom is 0.140 e. The maximum absolute atomic E-state index is 5.04. The fourth-order valence-corrected chi connectivity index (χ4v) is 7.60. The molecule has 0 fully saturated rings. The molecule has 0 atom stereocenters. The van der Waals surface area contributed by atoms with E-state index in [1.165, 1.54) is 48.6 Å². The van der Waals surface area contributed by atoms with Crippen molar-refractivity contribution >= 4 is 97.0 Å². The fourth-order valence-electron chi connectivity index (χ4n) is 7.07. The molecule has 10 aromatic rings. The lowest BCUT2D eigenvalue weighted by Crippen LogP contribution is -1.93. The lowest BCUT2D eigenvalue weighted by atomic mass is 10.00. The van der Waals surface area contributed by atoms with E-state index in [2.05, 4.69) is 182 Å². The molecular weight excluding hydrogens is 732 g/mol. The van der Waals surface area contributed by atoms with Gasteiger partial charge in [-0.2, -0.15) is 0 Å². The number of aromatic nitrogens is 4. The molecule has 2 heterocycles. The minimum Gasteiger partial charge on any atom is -0.337 e. The van der Waals surface area contributed by atoms with Gasteiger partial charge in [-0.15, -0.1) is 0 Å². The molecule has 1 N–H and O–H groups in total. The van der Waals surface area contributed by atoms with E-state index in [1.807, 2.05) is 12.1 Å². The first kappa shape index (κ1) is 29.8. The van der Waals surface area contributed by atoms with E-state index in [0.717, 1.165) is 48.3 Å². The normalized spacial score (nSPS) is 11.6. The average molecular weight is 761 g/mol. The predicted octanol–water partition coefficient (Wildman–Crippen LogP) is 12.6. The van der Waals surface area contributed by atoms with Crippen molar-refractivity contribution in [1.82, 2.24) is 19.5 Å². The molecule has 0 saturated carbocycles. The summed E-state index contributed by atoms with van der Waals surface area (Å²) in [5.41, 5.74) is 6.59. The summed E-state index contributed by atoms with van der Waals surface area (Å²) >= 11 is 7.00. The van der Waals surface area contributed by atoms with Gasteiger partial charge >= 0.3 is 0 Å². The van der Waals surface area contributed by atoms with Gasteiger partial charge in [0.05, 0.1) is 22.1 Å². The third-order valence-corrected chi connectivity index (χ3v) is 10.4. The molecule has 10 rings (SSSR count). The molecule has 8 aromatic carbocycles. The number of imidazole rings is 2. The number of aromatic amines is 1. The van der Waals surface area contributed by atoms with Gasteiger partial charge in [0.2, 0.25) is 0 Å². The molecule has 4 nitrogen and oxygen atoms in total. The molecule has 0 amide bonds. The highest BCUT2D eigenvalue weighted by molar-refractivity contribution is 9.10. The molecule has 0 aliphatic carbocycles. The highest BCUT2D eigenvalue weighted by Crippen LogP contribution is 2.38. The van der Waals surface area contributed by atoms with Crippen molar-refractivity contribution < 1.29 is 0 Å². The third kappa shape index (κ3) is 5.02. The van der Waals surface area contributed by atoms with Crippen molar-refractivity contribution in [3.05, 3.63) is 155 Å². The van der Waals surface area contributed by atoms with Crippen molar-refractivity contribution in [3.8, 4) is 22.8 Å². The van der Waals surface area contributed by atoms with E-state index < -0.39 is 0 Å². The van der Waals surface area contributed by atoms with E-state index in [4.69, 9.17) is 9.97 Å². The summed E-state index contributed by atoms with van der Waals surface area (Å²) < 4.78 is 4.36. The summed E-state index contributed by atoms with van der Waals surface area (Å²) in [5.74, 6) is 1.89. The number of aryl methyl sites for hydroxylation is 1. The fraction of sp³-hybridized carbons (Fsp3) is 0.0233. The quantitative estimate of drug-likeness (QED) is 0.178. The van der Waals surface area contributed by atoms with Gasteiger partial charge in [0, 0.05) is 48.7 Å². The first-order valence-electron chi connectivity index (χ1n) is 16.1. The Bertz CT molecular complexity index is 2780. The van der Waals surface area contributed by atoms with Crippen LogP contribution in [0.2, 0.25) is 0 Å². The van der Waals surface area contributed by atoms with Gasteiger partial charge in [-0.05, 0) is 45.8 Å². The number of halogens is 2. The van der Waals surface area contributed by atoms with Gasteiger partial charge in [-0.3, -0.25) is 0 Å². The number of benzene rings is 8. The van der Waals surface area contributed by atoms with Gasteiger partial charge in [0.1, 0.15) is 11.6 Å². The minimum absolute atomic E-state index is 0.902. The largest absolute Gasteiger partial charge is 0.337 e. The summed E-state index contributed by atoms with van der Waals surface area (Å²) in [6.45, 7) is 0. The van der Waals surface area contributed by atoms with Crippen molar-refractivity contribution in [1.29, 1.82) is 0 Å². The number of hydrogen-bond acceptors (Lipinski definition) is 2. The van der Waals surface area contributed by atoms with Crippen LogP contribution in [0.15, 0.2) is 155 Å². The van der Waals surface area contributed by atoms with Crippen molar-refractivity contribution in [2.24, 2.45) is 7.05 Å². The number of nitrogens with one attached hydrogen (secondary N) is 1. The van der Waals surface area contributed by atoms with Gasteiger partial charge in [-0.25, -0.2) is 9.97 Å². The Labute approximate surface area is 299 Å². The molecule has 49 heavy (non-hydrogen) atoms. The lowest BCUT2D eigenvalue weighted by molar-refractivity contribution is 0.962. The van der Waals surface area contributed by atoms with Crippen LogP contribution in [-0.2, 0) is 7.05 Å². The Kier molecular flexibility index (Phi) is 7.29. The SMILES string of the molecule is Brc1ccc(-c2nc3c4ccccc4c4ccccc4c3[nH]2)cc1.Cn1c(-c2ccc(Br)cc2)nc2c3ccccc3c3ccccc3c21. The van der Waals surface area contributed by atoms with Crippen molar-refractivity contribution in [2.45, 2.75) is 0 Å². The zero-order chi connectivity index (χ0) is 33.1. The second-order valence-corrected chi connectivity index (χ2v) is 14.0. The summed E-state index contributed by atoms with van der Waals surface area (Å²) in [6.07, 6.45) is 0.